The molecule has 1 amide bonds. The van der Waals surface area contributed by atoms with Crippen molar-refractivity contribution in [3.8, 4) is 6.07 Å². The standard InChI is InChI=1S/C14H15FN2O/c1-10-7-14(8-10,9-16)13(18)17(2)12-6-4-3-5-11(12)15/h3-6,10H,7-8H2,1-2H3. The Labute approximate surface area is 106 Å². The third-order valence-electron chi connectivity index (χ3n) is 3.54. The number of amides is 1. The average Bonchev–Trinajstić information content (AvgIpc) is 2.33. The lowest BCUT2D eigenvalue weighted by atomic mass is 9.63. The van der Waals surface area contributed by atoms with Crippen LogP contribution in [0.2, 0.25) is 0 Å². The summed E-state index contributed by atoms with van der Waals surface area (Å²) in [4.78, 5) is 13.6. The van der Waals surface area contributed by atoms with Crippen molar-refractivity contribution in [1.82, 2.24) is 0 Å². The number of halogens is 1. The van der Waals surface area contributed by atoms with Crippen LogP contribution in [0.5, 0.6) is 0 Å². The van der Waals surface area contributed by atoms with Gasteiger partial charge in [0.1, 0.15) is 11.2 Å². The summed E-state index contributed by atoms with van der Waals surface area (Å²) in [6.45, 7) is 2.01. The molecule has 0 N–H and O–H groups in total. The summed E-state index contributed by atoms with van der Waals surface area (Å²) in [6, 6.07) is 8.19. The second kappa shape index (κ2) is 4.41. The summed E-state index contributed by atoms with van der Waals surface area (Å²) < 4.78 is 13.6. The molecule has 0 spiro atoms. The Kier molecular flexibility index (Phi) is 3.08. The lowest BCUT2D eigenvalue weighted by Crippen LogP contribution is -2.49. The number of para-hydroxylation sites is 1. The summed E-state index contributed by atoms with van der Waals surface area (Å²) in [5, 5.41) is 9.20. The van der Waals surface area contributed by atoms with Gasteiger partial charge in [-0.3, -0.25) is 4.79 Å². The van der Waals surface area contributed by atoms with E-state index in [-0.39, 0.29) is 11.6 Å². The van der Waals surface area contributed by atoms with Gasteiger partial charge in [0, 0.05) is 7.05 Å². The van der Waals surface area contributed by atoms with Crippen molar-refractivity contribution >= 4 is 11.6 Å². The molecule has 1 fully saturated rings. The van der Waals surface area contributed by atoms with Gasteiger partial charge in [0.25, 0.3) is 0 Å². The van der Waals surface area contributed by atoms with Crippen molar-refractivity contribution in [3.63, 3.8) is 0 Å². The molecule has 0 aliphatic heterocycles. The van der Waals surface area contributed by atoms with Crippen molar-refractivity contribution in [2.24, 2.45) is 11.3 Å². The first-order chi connectivity index (χ1) is 8.50. The van der Waals surface area contributed by atoms with E-state index >= 15 is 0 Å². The molecule has 1 aromatic rings. The molecule has 2 rings (SSSR count). The third-order valence-corrected chi connectivity index (χ3v) is 3.54. The molecule has 94 valence electrons. The molecular formula is C14H15FN2O. The van der Waals surface area contributed by atoms with E-state index in [4.69, 9.17) is 0 Å². The molecule has 0 unspecified atom stereocenters. The highest BCUT2D eigenvalue weighted by Gasteiger charge is 2.50. The number of nitriles is 1. The Morgan fingerprint density at radius 1 is 1.50 bits per heavy atom. The normalized spacial score (nSPS) is 26.0. The topological polar surface area (TPSA) is 44.1 Å². The Morgan fingerprint density at radius 2 is 2.11 bits per heavy atom. The van der Waals surface area contributed by atoms with E-state index in [0.29, 0.717) is 18.8 Å². The number of carbonyl (C=O) groups is 1. The fourth-order valence-electron chi connectivity index (χ4n) is 2.60. The van der Waals surface area contributed by atoms with E-state index in [0.717, 1.165) is 0 Å². The maximum atomic E-state index is 13.6. The monoisotopic (exact) mass is 246 g/mol. The molecule has 0 saturated heterocycles. The second-order valence-corrected chi connectivity index (χ2v) is 5.02. The van der Waals surface area contributed by atoms with Gasteiger partial charge in [-0.1, -0.05) is 19.1 Å². The number of hydrogen-bond acceptors (Lipinski definition) is 2. The number of carbonyl (C=O) groups excluding carboxylic acids is 1. The van der Waals surface area contributed by atoms with Crippen LogP contribution in [0.15, 0.2) is 24.3 Å². The van der Waals surface area contributed by atoms with Gasteiger partial charge in [-0.15, -0.1) is 0 Å². The number of rotatable bonds is 2. The zero-order valence-corrected chi connectivity index (χ0v) is 10.5. The van der Waals surface area contributed by atoms with Gasteiger partial charge in [-0.2, -0.15) is 5.26 Å². The van der Waals surface area contributed by atoms with Crippen LogP contribution in [-0.4, -0.2) is 13.0 Å². The molecule has 0 atom stereocenters. The van der Waals surface area contributed by atoms with Crippen LogP contribution in [0.4, 0.5) is 10.1 Å². The van der Waals surface area contributed by atoms with Gasteiger partial charge in [0.15, 0.2) is 0 Å². The second-order valence-electron chi connectivity index (χ2n) is 5.02. The number of anilines is 1. The Balaban J connectivity index is 2.25. The van der Waals surface area contributed by atoms with E-state index in [1.807, 2.05) is 6.92 Å². The van der Waals surface area contributed by atoms with Gasteiger partial charge in [-0.25, -0.2) is 4.39 Å². The molecule has 1 aliphatic rings. The van der Waals surface area contributed by atoms with Crippen LogP contribution < -0.4 is 4.90 Å². The molecular weight excluding hydrogens is 231 g/mol. The molecule has 0 heterocycles. The summed E-state index contributed by atoms with van der Waals surface area (Å²) in [6.07, 6.45) is 1.11. The first kappa shape index (κ1) is 12.6. The zero-order valence-electron chi connectivity index (χ0n) is 10.5. The first-order valence-corrected chi connectivity index (χ1v) is 5.94. The van der Waals surface area contributed by atoms with Crippen LogP contribution in [0.3, 0.4) is 0 Å². The average molecular weight is 246 g/mol. The van der Waals surface area contributed by atoms with E-state index in [9.17, 15) is 14.4 Å². The van der Waals surface area contributed by atoms with Crippen LogP contribution in [0.25, 0.3) is 0 Å². The number of hydrogen-bond donors (Lipinski definition) is 0. The minimum absolute atomic E-state index is 0.219. The van der Waals surface area contributed by atoms with Crippen molar-refractivity contribution in [2.75, 3.05) is 11.9 Å². The van der Waals surface area contributed by atoms with Crippen LogP contribution in [-0.2, 0) is 4.79 Å². The summed E-state index contributed by atoms with van der Waals surface area (Å²) in [5.74, 6) is -0.385. The van der Waals surface area contributed by atoms with E-state index in [2.05, 4.69) is 6.07 Å². The molecule has 1 aromatic carbocycles. The first-order valence-electron chi connectivity index (χ1n) is 5.94. The van der Waals surface area contributed by atoms with Gasteiger partial charge >= 0.3 is 0 Å². The van der Waals surface area contributed by atoms with Gasteiger partial charge in [-0.05, 0) is 30.9 Å². The predicted octanol–water partition coefficient (Wildman–Crippen LogP) is 2.73. The molecule has 18 heavy (non-hydrogen) atoms. The molecule has 4 heteroatoms. The van der Waals surface area contributed by atoms with Crippen LogP contribution >= 0.6 is 0 Å². The van der Waals surface area contributed by atoms with Gasteiger partial charge in [0.05, 0.1) is 11.8 Å². The van der Waals surface area contributed by atoms with Gasteiger partial charge in [0.2, 0.25) is 5.91 Å². The zero-order chi connectivity index (χ0) is 13.3. The fourth-order valence-corrected chi connectivity index (χ4v) is 2.60. The molecule has 1 aliphatic carbocycles. The molecule has 0 radical (unpaired) electrons. The maximum absolute atomic E-state index is 13.6. The van der Waals surface area contributed by atoms with Crippen molar-refractivity contribution in [1.29, 1.82) is 5.26 Å². The Morgan fingerprint density at radius 3 is 2.61 bits per heavy atom. The summed E-state index contributed by atoms with van der Waals surface area (Å²) >= 11 is 0. The highest BCUT2D eigenvalue weighted by molar-refractivity contribution is 5.99. The smallest absolute Gasteiger partial charge is 0.247 e. The highest BCUT2D eigenvalue weighted by Crippen LogP contribution is 2.46. The largest absolute Gasteiger partial charge is 0.311 e. The molecule has 0 bridgehead atoms. The van der Waals surface area contributed by atoms with E-state index in [1.54, 1.807) is 18.2 Å². The van der Waals surface area contributed by atoms with Crippen molar-refractivity contribution < 1.29 is 9.18 Å². The minimum atomic E-state index is -0.962. The maximum Gasteiger partial charge on any atom is 0.247 e. The lowest BCUT2D eigenvalue weighted by Gasteiger charge is -2.41. The SMILES string of the molecule is CC1CC(C#N)(C(=O)N(C)c2ccccc2F)C1. The minimum Gasteiger partial charge on any atom is -0.311 e. The van der Waals surface area contributed by atoms with Crippen molar-refractivity contribution in [2.45, 2.75) is 19.8 Å². The highest BCUT2D eigenvalue weighted by atomic mass is 19.1. The number of nitrogens with zero attached hydrogens (tertiary/aromatic N) is 2. The third kappa shape index (κ3) is 1.86. The van der Waals surface area contributed by atoms with E-state index in [1.165, 1.54) is 18.0 Å². The quantitative estimate of drug-likeness (QED) is 0.805. The number of benzene rings is 1. The van der Waals surface area contributed by atoms with Crippen LogP contribution in [0.1, 0.15) is 19.8 Å². The molecule has 1 saturated carbocycles. The lowest BCUT2D eigenvalue weighted by molar-refractivity contribution is -0.130. The molecule has 0 aromatic heterocycles. The Bertz CT molecular complexity index is 515. The summed E-state index contributed by atoms with van der Waals surface area (Å²) in [7, 11) is 1.52. The molecule has 3 nitrogen and oxygen atoms in total. The van der Waals surface area contributed by atoms with Crippen LogP contribution in [0, 0.1) is 28.5 Å². The van der Waals surface area contributed by atoms with Gasteiger partial charge < -0.3 is 4.90 Å². The predicted molar refractivity (Wildman–Crippen MR) is 66.3 cm³/mol. The van der Waals surface area contributed by atoms with Crippen molar-refractivity contribution in [3.05, 3.63) is 30.1 Å². The fraction of sp³-hybridized carbons (Fsp3) is 0.429. The summed E-state index contributed by atoms with van der Waals surface area (Å²) in [5.41, 5.74) is -0.743. The Hall–Kier alpha value is -1.89. The van der Waals surface area contributed by atoms with E-state index < -0.39 is 11.2 Å².